The molecule has 1 aromatic heterocycles. The molecule has 4 nitrogen and oxygen atoms in total. The lowest BCUT2D eigenvalue weighted by Crippen LogP contribution is -2.16. The molecule has 3 aromatic rings. The summed E-state index contributed by atoms with van der Waals surface area (Å²) in [6.07, 6.45) is 2.81. The summed E-state index contributed by atoms with van der Waals surface area (Å²) >= 11 is 12.1. The Morgan fingerprint density at radius 2 is 1.41 bits per heavy atom. The van der Waals surface area contributed by atoms with Crippen LogP contribution in [0.2, 0.25) is 10.0 Å². The number of nitrogens with zero attached hydrogens (tertiary/aromatic N) is 3. The highest BCUT2D eigenvalue weighted by Gasteiger charge is 2.12. The Morgan fingerprint density at radius 1 is 0.852 bits per heavy atom. The van der Waals surface area contributed by atoms with Crippen LogP contribution in [0.25, 0.3) is 22.5 Å². The number of nitrogens with one attached hydrogen (secondary N) is 1. The molecule has 0 saturated carbocycles. The number of hydrogen-bond donors (Lipinski definition) is 1. The maximum absolute atomic E-state index is 6.05. The van der Waals surface area contributed by atoms with Crippen molar-refractivity contribution >= 4 is 29.0 Å². The average Bonchev–Trinajstić information content (AvgIpc) is 2.66. The second kappa shape index (κ2) is 9.18. The van der Waals surface area contributed by atoms with Crippen LogP contribution in [-0.2, 0) is 0 Å². The van der Waals surface area contributed by atoms with Crippen LogP contribution in [0.3, 0.4) is 0 Å². The van der Waals surface area contributed by atoms with Gasteiger partial charge in [0, 0.05) is 27.7 Å². The summed E-state index contributed by atoms with van der Waals surface area (Å²) in [5, 5.41) is 4.75. The molecule has 0 amide bonds. The van der Waals surface area contributed by atoms with Gasteiger partial charge in [0.2, 0.25) is 0 Å². The predicted octanol–water partition coefficient (Wildman–Crippen LogP) is 5.48. The first-order valence-electron chi connectivity index (χ1n) is 8.80. The van der Waals surface area contributed by atoms with Crippen molar-refractivity contribution in [3.63, 3.8) is 0 Å². The van der Waals surface area contributed by atoms with Crippen molar-refractivity contribution in [3.8, 4) is 22.5 Å². The fourth-order valence-electron chi connectivity index (χ4n) is 2.71. The fraction of sp³-hybridized carbons (Fsp3) is 0.238. The molecule has 0 aliphatic heterocycles. The molecule has 1 heterocycles. The van der Waals surface area contributed by atoms with Gasteiger partial charge in [-0.25, -0.2) is 4.98 Å². The first-order chi connectivity index (χ1) is 13.0. The van der Waals surface area contributed by atoms with E-state index in [1.165, 1.54) is 0 Å². The maximum atomic E-state index is 6.05. The second-order valence-corrected chi connectivity index (χ2v) is 7.42. The highest BCUT2D eigenvalue weighted by molar-refractivity contribution is 6.31. The Morgan fingerprint density at radius 3 is 1.96 bits per heavy atom. The highest BCUT2D eigenvalue weighted by atomic mass is 35.5. The summed E-state index contributed by atoms with van der Waals surface area (Å²) in [5.41, 5.74) is 3.56. The van der Waals surface area contributed by atoms with Crippen molar-refractivity contribution in [2.45, 2.75) is 6.42 Å². The minimum absolute atomic E-state index is 0.692. The van der Waals surface area contributed by atoms with Gasteiger partial charge in [-0.1, -0.05) is 47.5 Å². The predicted molar refractivity (Wildman–Crippen MR) is 115 cm³/mol. The topological polar surface area (TPSA) is 41.0 Å². The molecule has 140 valence electrons. The first kappa shape index (κ1) is 19.6. The average molecular weight is 401 g/mol. The normalized spacial score (nSPS) is 11.0. The molecule has 0 bridgehead atoms. The third kappa shape index (κ3) is 5.42. The van der Waals surface area contributed by atoms with E-state index in [9.17, 15) is 0 Å². The molecule has 3 rings (SSSR count). The van der Waals surface area contributed by atoms with E-state index < -0.39 is 0 Å². The van der Waals surface area contributed by atoms with Crippen LogP contribution in [0.15, 0.2) is 54.7 Å². The molecular weight excluding hydrogens is 379 g/mol. The molecule has 0 aliphatic rings. The third-order valence-corrected chi connectivity index (χ3v) is 4.60. The van der Waals surface area contributed by atoms with Crippen molar-refractivity contribution in [2.24, 2.45) is 0 Å². The maximum Gasteiger partial charge on any atom is 0.145 e. The van der Waals surface area contributed by atoms with Crippen molar-refractivity contribution < 1.29 is 0 Å². The van der Waals surface area contributed by atoms with E-state index in [0.29, 0.717) is 10.0 Å². The zero-order chi connectivity index (χ0) is 19.2. The Balaban J connectivity index is 1.92. The second-order valence-electron chi connectivity index (χ2n) is 6.55. The summed E-state index contributed by atoms with van der Waals surface area (Å²) in [5.74, 6) is 0.761. The standard InChI is InChI=1S/C21H22Cl2N4/c1-27(2)13-3-12-24-19-14-25-20(15-4-8-17(22)9-5-15)21(26-19)16-6-10-18(23)11-7-16/h4-11,14H,3,12-13H2,1-2H3,(H,24,26). The molecule has 0 fully saturated rings. The Kier molecular flexibility index (Phi) is 6.67. The number of hydrogen-bond acceptors (Lipinski definition) is 4. The minimum atomic E-state index is 0.692. The van der Waals surface area contributed by atoms with E-state index in [1.807, 2.05) is 48.5 Å². The summed E-state index contributed by atoms with van der Waals surface area (Å²) in [6, 6.07) is 15.3. The van der Waals surface area contributed by atoms with E-state index in [4.69, 9.17) is 28.2 Å². The molecule has 6 heteroatoms. The van der Waals surface area contributed by atoms with Crippen LogP contribution in [0.1, 0.15) is 6.42 Å². The van der Waals surface area contributed by atoms with E-state index in [-0.39, 0.29) is 0 Å². The smallest absolute Gasteiger partial charge is 0.145 e. The van der Waals surface area contributed by atoms with Gasteiger partial charge in [0.1, 0.15) is 5.82 Å². The first-order valence-corrected chi connectivity index (χ1v) is 9.56. The third-order valence-electron chi connectivity index (χ3n) is 4.10. The Hall–Kier alpha value is -2.14. The van der Waals surface area contributed by atoms with Gasteiger partial charge in [-0.3, -0.25) is 4.98 Å². The minimum Gasteiger partial charge on any atom is -0.369 e. The highest BCUT2D eigenvalue weighted by Crippen LogP contribution is 2.31. The Bertz CT molecular complexity index is 878. The van der Waals surface area contributed by atoms with Crippen molar-refractivity contribution in [1.82, 2.24) is 14.9 Å². The van der Waals surface area contributed by atoms with E-state index in [1.54, 1.807) is 6.20 Å². The van der Waals surface area contributed by atoms with Crippen LogP contribution in [-0.4, -0.2) is 42.1 Å². The van der Waals surface area contributed by atoms with Gasteiger partial charge in [-0.2, -0.15) is 0 Å². The molecule has 0 saturated heterocycles. The Labute approximate surface area is 170 Å². The number of aromatic nitrogens is 2. The number of halogens is 2. The van der Waals surface area contributed by atoms with Crippen LogP contribution in [0, 0.1) is 0 Å². The van der Waals surface area contributed by atoms with E-state index >= 15 is 0 Å². The van der Waals surface area contributed by atoms with Crippen LogP contribution in [0.5, 0.6) is 0 Å². The zero-order valence-corrected chi connectivity index (χ0v) is 16.9. The van der Waals surface area contributed by atoms with Crippen molar-refractivity contribution in [3.05, 3.63) is 64.8 Å². The van der Waals surface area contributed by atoms with Crippen LogP contribution in [0.4, 0.5) is 5.82 Å². The molecular formula is C21H22Cl2N4. The summed E-state index contributed by atoms with van der Waals surface area (Å²) in [4.78, 5) is 11.7. The molecule has 2 aromatic carbocycles. The summed E-state index contributed by atoms with van der Waals surface area (Å²) in [7, 11) is 4.14. The largest absolute Gasteiger partial charge is 0.369 e. The molecule has 27 heavy (non-hydrogen) atoms. The SMILES string of the molecule is CN(C)CCCNc1cnc(-c2ccc(Cl)cc2)c(-c2ccc(Cl)cc2)n1. The monoisotopic (exact) mass is 400 g/mol. The van der Waals surface area contributed by atoms with E-state index in [2.05, 4.69) is 29.3 Å². The molecule has 0 unspecified atom stereocenters. The van der Waals surface area contributed by atoms with E-state index in [0.717, 1.165) is 47.8 Å². The van der Waals surface area contributed by atoms with Gasteiger partial charge in [0.25, 0.3) is 0 Å². The lowest BCUT2D eigenvalue weighted by atomic mass is 10.0. The van der Waals surface area contributed by atoms with Crippen LogP contribution < -0.4 is 5.32 Å². The van der Waals surface area contributed by atoms with Gasteiger partial charge >= 0.3 is 0 Å². The molecule has 1 N–H and O–H groups in total. The molecule has 0 atom stereocenters. The van der Waals surface area contributed by atoms with Gasteiger partial charge in [-0.05, 0) is 51.3 Å². The van der Waals surface area contributed by atoms with Gasteiger partial charge in [0.05, 0.1) is 17.6 Å². The molecule has 0 aliphatic carbocycles. The summed E-state index contributed by atoms with van der Waals surface area (Å²) in [6.45, 7) is 1.86. The van der Waals surface area contributed by atoms with Gasteiger partial charge < -0.3 is 10.2 Å². The summed E-state index contributed by atoms with van der Waals surface area (Å²) < 4.78 is 0. The fourth-order valence-corrected chi connectivity index (χ4v) is 2.97. The van der Waals surface area contributed by atoms with Crippen molar-refractivity contribution in [1.29, 1.82) is 0 Å². The molecule has 0 radical (unpaired) electrons. The lowest BCUT2D eigenvalue weighted by Gasteiger charge is -2.13. The quantitative estimate of drug-likeness (QED) is 0.532. The zero-order valence-electron chi connectivity index (χ0n) is 15.4. The number of anilines is 1. The van der Waals surface area contributed by atoms with Crippen molar-refractivity contribution in [2.75, 3.05) is 32.5 Å². The van der Waals surface area contributed by atoms with Gasteiger partial charge in [-0.15, -0.1) is 0 Å². The lowest BCUT2D eigenvalue weighted by molar-refractivity contribution is 0.405. The number of rotatable bonds is 7. The van der Waals surface area contributed by atoms with Gasteiger partial charge in [0.15, 0.2) is 0 Å². The van der Waals surface area contributed by atoms with Crippen LogP contribution >= 0.6 is 23.2 Å². The molecule has 0 spiro atoms. The number of benzene rings is 2.